The first kappa shape index (κ1) is 20.2. The maximum atomic E-state index is 14.8. The molecule has 27 heavy (non-hydrogen) atoms. The second kappa shape index (κ2) is 8.20. The van der Waals surface area contributed by atoms with Crippen LogP contribution in [0, 0.1) is 0 Å². The Morgan fingerprint density at radius 1 is 1.04 bits per heavy atom. The molecule has 0 unspecified atom stereocenters. The molecule has 1 saturated heterocycles. The van der Waals surface area contributed by atoms with Crippen LogP contribution < -0.4 is 0 Å². The largest absolute Gasteiger partial charge is 0.456 e. The van der Waals surface area contributed by atoms with Gasteiger partial charge in [-0.3, -0.25) is 4.57 Å². The number of rotatable bonds is 8. The van der Waals surface area contributed by atoms with Crippen molar-refractivity contribution < 1.29 is 36.3 Å². The van der Waals surface area contributed by atoms with Gasteiger partial charge in [-0.1, -0.05) is 24.3 Å². The Bertz CT molecular complexity index is 788. The normalized spacial score (nSPS) is 16.1. The lowest BCUT2D eigenvalue weighted by Crippen LogP contribution is -2.18. The minimum atomic E-state index is -4.63. The van der Waals surface area contributed by atoms with E-state index in [0.717, 1.165) is 0 Å². The van der Waals surface area contributed by atoms with E-state index in [1.165, 1.54) is 38.1 Å². The summed E-state index contributed by atoms with van der Waals surface area (Å²) in [5, 5.41) is 0. The van der Waals surface area contributed by atoms with Crippen molar-refractivity contribution in [3.8, 4) is 11.3 Å². The molecule has 0 N–H and O–H groups in total. The number of hydrogen-bond donors (Lipinski definition) is 0. The van der Waals surface area contributed by atoms with Crippen molar-refractivity contribution in [3.63, 3.8) is 0 Å². The molecule has 0 amide bonds. The van der Waals surface area contributed by atoms with E-state index in [4.69, 9.17) is 22.9 Å². The van der Waals surface area contributed by atoms with Crippen molar-refractivity contribution in [2.75, 3.05) is 26.4 Å². The van der Waals surface area contributed by atoms with Gasteiger partial charge in [0.25, 0.3) is 0 Å². The number of hydrogen-bond acceptors (Lipinski definition) is 6. The second-order valence-corrected chi connectivity index (χ2v) is 7.80. The third-order valence-corrected chi connectivity index (χ3v) is 6.08. The van der Waals surface area contributed by atoms with Gasteiger partial charge in [0.2, 0.25) is 6.29 Å². The van der Waals surface area contributed by atoms with Gasteiger partial charge in [0.05, 0.1) is 26.4 Å². The van der Waals surface area contributed by atoms with Gasteiger partial charge in [-0.25, -0.2) is 0 Å². The number of furan rings is 1. The zero-order chi connectivity index (χ0) is 19.5. The summed E-state index contributed by atoms with van der Waals surface area (Å²) in [6.45, 7) is 3.65. The maximum absolute atomic E-state index is 14.8. The van der Waals surface area contributed by atoms with E-state index in [0.29, 0.717) is 30.3 Å². The summed E-state index contributed by atoms with van der Waals surface area (Å²) in [7, 11) is -4.63. The summed E-state index contributed by atoms with van der Waals surface area (Å²) in [6, 6.07) is 8.72. The summed E-state index contributed by atoms with van der Waals surface area (Å²) < 4.78 is 68.0. The molecule has 0 radical (unpaired) electrons. The Balaban J connectivity index is 1.83. The van der Waals surface area contributed by atoms with E-state index in [1.54, 1.807) is 12.1 Å². The summed E-state index contributed by atoms with van der Waals surface area (Å²) in [4.78, 5) is 0. The van der Waals surface area contributed by atoms with Gasteiger partial charge in [-0.05, 0) is 26.0 Å². The molecule has 3 rings (SSSR count). The number of halogens is 2. The molecule has 0 aliphatic carbocycles. The monoisotopic (exact) mass is 402 g/mol. The lowest BCUT2D eigenvalue weighted by atomic mass is 10.1. The van der Waals surface area contributed by atoms with Crippen molar-refractivity contribution in [2.45, 2.75) is 25.8 Å². The van der Waals surface area contributed by atoms with Crippen LogP contribution in [0.1, 0.15) is 31.5 Å². The molecule has 6 nitrogen and oxygen atoms in total. The zero-order valence-corrected chi connectivity index (χ0v) is 15.9. The SMILES string of the molecule is CCOP(=O)(OCC)C(F)(F)c1ccc(-c2ccc(C3OCCO3)o2)cc1. The second-order valence-electron chi connectivity index (χ2n) is 5.73. The first-order valence-electron chi connectivity index (χ1n) is 8.62. The molecule has 1 aromatic carbocycles. The Kier molecular flexibility index (Phi) is 6.13. The van der Waals surface area contributed by atoms with E-state index in [2.05, 4.69) is 0 Å². The molecule has 1 aromatic heterocycles. The highest BCUT2D eigenvalue weighted by molar-refractivity contribution is 7.54. The topological polar surface area (TPSA) is 67.1 Å². The third kappa shape index (κ3) is 4.00. The minimum Gasteiger partial charge on any atom is -0.456 e. The van der Waals surface area contributed by atoms with Crippen LogP contribution in [0.15, 0.2) is 40.8 Å². The van der Waals surface area contributed by atoms with Gasteiger partial charge in [0, 0.05) is 11.1 Å². The molecular formula is C18H21F2O6P. The molecule has 0 atom stereocenters. The van der Waals surface area contributed by atoms with Crippen molar-refractivity contribution in [2.24, 2.45) is 0 Å². The average Bonchev–Trinajstić information content (AvgIpc) is 3.34. The van der Waals surface area contributed by atoms with Gasteiger partial charge in [0.15, 0.2) is 5.76 Å². The zero-order valence-electron chi connectivity index (χ0n) is 15.0. The Morgan fingerprint density at radius 2 is 1.63 bits per heavy atom. The molecule has 0 bridgehead atoms. The van der Waals surface area contributed by atoms with Crippen LogP contribution in [0.3, 0.4) is 0 Å². The fourth-order valence-corrected chi connectivity index (χ4v) is 4.23. The Hall–Kier alpha value is -1.57. The summed E-state index contributed by atoms with van der Waals surface area (Å²) in [5.41, 5.74) is -3.63. The van der Waals surface area contributed by atoms with Crippen LogP contribution in [0.5, 0.6) is 0 Å². The predicted octanol–water partition coefficient (Wildman–Crippen LogP) is 5.31. The van der Waals surface area contributed by atoms with Crippen LogP contribution in [0.2, 0.25) is 0 Å². The van der Waals surface area contributed by atoms with Crippen LogP contribution in [0.25, 0.3) is 11.3 Å². The molecule has 9 heteroatoms. The first-order valence-corrected chi connectivity index (χ1v) is 10.2. The Labute approximate surface area is 155 Å². The Morgan fingerprint density at radius 3 is 2.19 bits per heavy atom. The van der Waals surface area contributed by atoms with Gasteiger partial charge in [-0.15, -0.1) is 0 Å². The van der Waals surface area contributed by atoms with Gasteiger partial charge >= 0.3 is 13.3 Å². The highest BCUT2D eigenvalue weighted by Gasteiger charge is 2.54. The fraction of sp³-hybridized carbons (Fsp3) is 0.444. The van der Waals surface area contributed by atoms with Crippen molar-refractivity contribution in [1.29, 1.82) is 0 Å². The standard InChI is InChI=1S/C18H21F2O6P/c1-3-24-27(21,25-4-2)18(19,20)14-7-5-13(6-8-14)15-9-10-16(26-15)17-22-11-12-23-17/h5-10,17H,3-4,11-12H2,1-2H3. The minimum absolute atomic E-state index is 0.147. The van der Waals surface area contributed by atoms with E-state index in [9.17, 15) is 13.3 Å². The van der Waals surface area contributed by atoms with Crippen LogP contribution in [-0.2, 0) is 28.7 Å². The molecule has 0 spiro atoms. The molecule has 1 aliphatic heterocycles. The maximum Gasteiger partial charge on any atom is 0.404 e. The van der Waals surface area contributed by atoms with Gasteiger partial charge in [-0.2, -0.15) is 8.78 Å². The number of alkyl halides is 2. The molecular weight excluding hydrogens is 381 g/mol. The highest BCUT2D eigenvalue weighted by Crippen LogP contribution is 2.66. The third-order valence-electron chi connectivity index (χ3n) is 3.94. The van der Waals surface area contributed by atoms with Crippen molar-refractivity contribution >= 4 is 7.60 Å². The fourth-order valence-electron chi connectivity index (χ4n) is 2.69. The highest BCUT2D eigenvalue weighted by atomic mass is 31.2. The van der Waals surface area contributed by atoms with Crippen molar-refractivity contribution in [3.05, 3.63) is 47.7 Å². The quantitative estimate of drug-likeness (QED) is 0.558. The van der Waals surface area contributed by atoms with E-state index < -0.39 is 25.1 Å². The summed E-state index contributed by atoms with van der Waals surface area (Å²) in [6.07, 6.45) is -0.550. The summed E-state index contributed by atoms with van der Waals surface area (Å²) >= 11 is 0. The van der Waals surface area contributed by atoms with E-state index in [-0.39, 0.29) is 13.2 Å². The molecule has 148 valence electrons. The van der Waals surface area contributed by atoms with Crippen molar-refractivity contribution in [1.82, 2.24) is 0 Å². The smallest absolute Gasteiger partial charge is 0.404 e. The first-order chi connectivity index (χ1) is 12.9. The van der Waals surface area contributed by atoms with E-state index >= 15 is 0 Å². The lowest BCUT2D eigenvalue weighted by molar-refractivity contribution is -0.0585. The number of benzene rings is 1. The van der Waals surface area contributed by atoms with Crippen LogP contribution in [0.4, 0.5) is 8.78 Å². The molecule has 2 aromatic rings. The molecule has 0 saturated carbocycles. The number of ether oxygens (including phenoxy) is 2. The van der Waals surface area contributed by atoms with E-state index in [1.807, 2.05) is 0 Å². The average molecular weight is 402 g/mol. The van der Waals surface area contributed by atoms with Crippen LogP contribution >= 0.6 is 7.60 Å². The lowest BCUT2D eigenvalue weighted by Gasteiger charge is -2.26. The van der Waals surface area contributed by atoms with Gasteiger partial charge in [0.1, 0.15) is 5.76 Å². The van der Waals surface area contributed by atoms with Gasteiger partial charge < -0.3 is 22.9 Å². The molecule has 1 fully saturated rings. The summed E-state index contributed by atoms with van der Waals surface area (Å²) in [5.74, 6) is 0.992. The predicted molar refractivity (Wildman–Crippen MR) is 93.5 cm³/mol. The molecule has 1 aliphatic rings. The van der Waals surface area contributed by atoms with Crippen LogP contribution in [-0.4, -0.2) is 26.4 Å². The molecule has 2 heterocycles.